The Morgan fingerprint density at radius 3 is 2.52 bits per heavy atom. The molecule has 11 heteroatoms. The van der Waals surface area contributed by atoms with Gasteiger partial charge in [-0.1, -0.05) is 17.7 Å². The van der Waals surface area contributed by atoms with Gasteiger partial charge in [-0.05, 0) is 37.3 Å². The number of nitrogens with one attached hydrogen (secondary N) is 1. The zero-order valence-electron chi connectivity index (χ0n) is 14.2. The van der Waals surface area contributed by atoms with Crippen LogP contribution in [-0.2, 0) is 21.0 Å². The van der Waals surface area contributed by atoms with Crippen molar-refractivity contribution in [3.05, 3.63) is 52.7 Å². The summed E-state index contributed by atoms with van der Waals surface area (Å²) in [5, 5.41) is 2.13. The van der Waals surface area contributed by atoms with E-state index in [2.05, 4.69) is 10.3 Å². The summed E-state index contributed by atoms with van der Waals surface area (Å²) in [5.41, 5.74) is -0.771. The van der Waals surface area contributed by atoms with Crippen molar-refractivity contribution in [2.24, 2.45) is 0 Å². The minimum Gasteiger partial charge on any atom is -0.310 e. The Balaban J connectivity index is 2.25. The van der Waals surface area contributed by atoms with Gasteiger partial charge in [0.1, 0.15) is 5.82 Å². The van der Waals surface area contributed by atoms with Crippen molar-refractivity contribution in [1.29, 1.82) is 0 Å². The normalized spacial score (nSPS) is 12.3. The van der Waals surface area contributed by atoms with E-state index < -0.39 is 39.1 Å². The van der Waals surface area contributed by atoms with Gasteiger partial charge in [-0.15, -0.1) is 0 Å². The van der Waals surface area contributed by atoms with Crippen LogP contribution in [0.5, 0.6) is 0 Å². The molecule has 0 atom stereocenters. The van der Waals surface area contributed by atoms with E-state index in [0.717, 1.165) is 19.2 Å². The lowest BCUT2D eigenvalue weighted by Gasteiger charge is -2.20. The van der Waals surface area contributed by atoms with Crippen LogP contribution in [-0.4, -0.2) is 37.2 Å². The highest BCUT2D eigenvalue weighted by molar-refractivity contribution is 7.89. The second-order valence-electron chi connectivity index (χ2n) is 5.61. The molecule has 1 N–H and O–H groups in total. The fourth-order valence-electron chi connectivity index (χ4n) is 2.20. The SMILES string of the molecule is Cc1cccc(NC(=O)CN(C)S(=O)(=O)c2ccc(Cl)cc2C(F)(F)F)n1. The van der Waals surface area contributed by atoms with Crippen molar-refractivity contribution in [1.82, 2.24) is 9.29 Å². The van der Waals surface area contributed by atoms with Crippen molar-refractivity contribution < 1.29 is 26.4 Å². The quantitative estimate of drug-likeness (QED) is 0.803. The maximum atomic E-state index is 13.2. The highest BCUT2D eigenvalue weighted by Gasteiger charge is 2.39. The maximum absolute atomic E-state index is 13.2. The first kappa shape index (κ1) is 21.1. The van der Waals surface area contributed by atoms with Crippen LogP contribution in [0.1, 0.15) is 11.3 Å². The molecule has 2 rings (SSSR count). The molecule has 0 aliphatic carbocycles. The molecule has 1 heterocycles. The number of pyridine rings is 1. The summed E-state index contributed by atoms with van der Waals surface area (Å²) < 4.78 is 65.1. The molecule has 0 saturated heterocycles. The third-order valence-corrected chi connectivity index (χ3v) is 5.55. The Morgan fingerprint density at radius 2 is 1.93 bits per heavy atom. The fraction of sp³-hybridized carbons (Fsp3) is 0.250. The van der Waals surface area contributed by atoms with Crippen molar-refractivity contribution in [2.75, 3.05) is 18.9 Å². The van der Waals surface area contributed by atoms with Crippen LogP contribution >= 0.6 is 11.6 Å². The van der Waals surface area contributed by atoms with Crippen LogP contribution in [0.2, 0.25) is 5.02 Å². The van der Waals surface area contributed by atoms with E-state index in [1.165, 1.54) is 6.07 Å². The monoisotopic (exact) mass is 421 g/mol. The lowest BCUT2D eigenvalue weighted by molar-refractivity contribution is -0.139. The highest BCUT2D eigenvalue weighted by atomic mass is 35.5. The molecule has 1 aromatic carbocycles. The Labute approximate surface area is 159 Å². The number of sulfonamides is 1. The summed E-state index contributed by atoms with van der Waals surface area (Å²) in [6.45, 7) is 1.00. The number of carbonyl (C=O) groups excluding carboxylic acids is 1. The number of carbonyl (C=O) groups is 1. The van der Waals surface area contributed by atoms with Crippen LogP contribution < -0.4 is 5.32 Å². The Bertz CT molecular complexity index is 965. The molecular formula is C16H15ClF3N3O3S. The predicted molar refractivity (Wildman–Crippen MR) is 93.9 cm³/mol. The molecule has 0 aliphatic heterocycles. The number of hydrogen-bond donors (Lipinski definition) is 1. The average molecular weight is 422 g/mol. The molecule has 0 bridgehead atoms. The summed E-state index contributed by atoms with van der Waals surface area (Å²) in [5.74, 6) is -0.546. The minimum absolute atomic E-state index is 0.202. The van der Waals surface area contributed by atoms with Gasteiger partial charge in [0.05, 0.1) is 17.0 Å². The molecule has 0 radical (unpaired) electrons. The van der Waals surface area contributed by atoms with Crippen LogP contribution in [0.4, 0.5) is 19.0 Å². The number of aromatic nitrogens is 1. The molecular weight excluding hydrogens is 407 g/mol. The zero-order valence-corrected chi connectivity index (χ0v) is 15.8. The van der Waals surface area contributed by atoms with Gasteiger partial charge in [0.25, 0.3) is 0 Å². The molecule has 0 spiro atoms. The van der Waals surface area contributed by atoms with Crippen molar-refractivity contribution >= 4 is 33.3 Å². The fourth-order valence-corrected chi connectivity index (χ4v) is 3.69. The van der Waals surface area contributed by atoms with Gasteiger partial charge in [-0.2, -0.15) is 17.5 Å². The van der Waals surface area contributed by atoms with E-state index in [-0.39, 0.29) is 10.8 Å². The van der Waals surface area contributed by atoms with Crippen LogP contribution in [0, 0.1) is 6.92 Å². The number of likely N-dealkylation sites (N-methyl/N-ethyl adjacent to an activating group) is 1. The van der Waals surface area contributed by atoms with E-state index in [9.17, 15) is 26.4 Å². The molecule has 27 heavy (non-hydrogen) atoms. The van der Waals surface area contributed by atoms with E-state index >= 15 is 0 Å². The van der Waals surface area contributed by atoms with E-state index in [0.29, 0.717) is 16.1 Å². The molecule has 2 aromatic rings. The van der Waals surface area contributed by atoms with Gasteiger partial charge in [-0.3, -0.25) is 4.79 Å². The average Bonchev–Trinajstić information content (AvgIpc) is 2.53. The molecule has 1 amide bonds. The minimum atomic E-state index is -4.93. The van der Waals surface area contributed by atoms with E-state index in [1.54, 1.807) is 19.1 Å². The topological polar surface area (TPSA) is 79.4 Å². The summed E-state index contributed by atoms with van der Waals surface area (Å²) in [4.78, 5) is 15.1. The molecule has 0 saturated carbocycles. The highest BCUT2D eigenvalue weighted by Crippen LogP contribution is 2.36. The van der Waals surface area contributed by atoms with Gasteiger partial charge in [0.2, 0.25) is 15.9 Å². The maximum Gasteiger partial charge on any atom is 0.417 e. The number of benzene rings is 1. The Morgan fingerprint density at radius 1 is 1.26 bits per heavy atom. The van der Waals surface area contributed by atoms with Gasteiger partial charge in [0.15, 0.2) is 0 Å². The number of hydrogen-bond acceptors (Lipinski definition) is 4. The smallest absolute Gasteiger partial charge is 0.310 e. The van der Waals surface area contributed by atoms with Gasteiger partial charge in [0, 0.05) is 17.8 Å². The van der Waals surface area contributed by atoms with Crippen LogP contribution in [0.25, 0.3) is 0 Å². The third kappa shape index (κ3) is 5.18. The van der Waals surface area contributed by atoms with Gasteiger partial charge < -0.3 is 5.32 Å². The van der Waals surface area contributed by atoms with Crippen LogP contribution in [0.15, 0.2) is 41.3 Å². The van der Waals surface area contributed by atoms with Crippen molar-refractivity contribution in [3.8, 4) is 0 Å². The molecule has 0 unspecified atom stereocenters. The second-order valence-corrected chi connectivity index (χ2v) is 8.06. The van der Waals surface area contributed by atoms with Crippen LogP contribution in [0.3, 0.4) is 0 Å². The molecule has 1 aromatic heterocycles. The first-order chi connectivity index (χ1) is 12.4. The number of rotatable bonds is 5. The summed E-state index contributed by atoms with van der Waals surface area (Å²) in [6, 6.07) is 7.16. The molecule has 0 aliphatic rings. The lowest BCUT2D eigenvalue weighted by Crippen LogP contribution is -2.36. The number of alkyl halides is 3. The number of nitrogens with zero attached hydrogens (tertiary/aromatic N) is 2. The first-order valence-electron chi connectivity index (χ1n) is 7.48. The number of anilines is 1. The Hall–Kier alpha value is -2.17. The van der Waals surface area contributed by atoms with Gasteiger partial charge >= 0.3 is 6.18 Å². The predicted octanol–water partition coefficient (Wildman–Crippen LogP) is 3.32. The molecule has 0 fully saturated rings. The van der Waals surface area contributed by atoms with E-state index in [4.69, 9.17) is 11.6 Å². The number of amides is 1. The first-order valence-corrected chi connectivity index (χ1v) is 9.29. The summed E-state index contributed by atoms with van der Waals surface area (Å²) in [7, 11) is -3.58. The second kappa shape index (κ2) is 7.83. The third-order valence-electron chi connectivity index (χ3n) is 3.46. The largest absolute Gasteiger partial charge is 0.417 e. The lowest BCUT2D eigenvalue weighted by atomic mass is 10.2. The summed E-state index contributed by atoms with van der Waals surface area (Å²) >= 11 is 5.56. The van der Waals surface area contributed by atoms with Gasteiger partial charge in [-0.25, -0.2) is 13.4 Å². The standard InChI is InChI=1S/C16H15ClF3N3O3S/c1-10-4-3-5-14(21-10)22-15(24)9-23(2)27(25,26)13-7-6-11(17)8-12(13)16(18,19)20/h3-8H,9H2,1-2H3,(H,21,22,24). The molecule has 6 nitrogen and oxygen atoms in total. The summed E-state index contributed by atoms with van der Waals surface area (Å²) in [6.07, 6.45) is -4.93. The number of aryl methyl sites for hydroxylation is 1. The number of halogens is 4. The van der Waals surface area contributed by atoms with Crippen molar-refractivity contribution in [3.63, 3.8) is 0 Å². The zero-order chi connectivity index (χ0) is 20.4. The molecule has 146 valence electrons. The van der Waals surface area contributed by atoms with E-state index in [1.807, 2.05) is 0 Å². The van der Waals surface area contributed by atoms with Crippen molar-refractivity contribution in [2.45, 2.75) is 18.0 Å². The Kier molecular flexibility index (Phi) is 6.13.